The van der Waals surface area contributed by atoms with E-state index in [0.717, 1.165) is 50.5 Å². The maximum absolute atomic E-state index is 6.19. The third-order valence-electron chi connectivity index (χ3n) is 6.23. The average Bonchev–Trinajstić information content (AvgIpc) is 3.30. The van der Waals surface area contributed by atoms with E-state index in [4.69, 9.17) is 20.9 Å². The van der Waals surface area contributed by atoms with Crippen LogP contribution < -0.4 is 11.5 Å². The number of benzene rings is 1. The number of halogens is 1. The van der Waals surface area contributed by atoms with Crippen molar-refractivity contribution in [2.75, 3.05) is 25.2 Å². The lowest BCUT2D eigenvalue weighted by Gasteiger charge is -2.22. The third kappa shape index (κ3) is 3.70. The Labute approximate surface area is 194 Å². The standard InChI is InChI=1S/C23H25BrN6O2/c1-12-8-30(23-19(12)22(26)27-11-28-23)9-15-10-32-18(20(15)31-2)6-13-3-4-14-7-16(24)21(25)29-17(14)5-13/h3-5,7-8,11,15,18,20H,6,9-10H2,1-2H3,(H2,25,29)(H2,26,27,28). The first-order chi connectivity index (χ1) is 15.4. The SMILES string of the molecule is COC1C(Cn2cc(C)c3c(N)ncnc32)COC1Cc1ccc2cc(Br)c(N)nc2c1. The first-order valence-electron chi connectivity index (χ1n) is 10.5. The van der Waals surface area contributed by atoms with E-state index in [2.05, 4.69) is 59.8 Å². The fourth-order valence-electron chi connectivity index (χ4n) is 4.71. The Balaban J connectivity index is 1.36. The summed E-state index contributed by atoms with van der Waals surface area (Å²) in [5.74, 6) is 1.19. The molecule has 3 aromatic heterocycles. The lowest BCUT2D eigenvalue weighted by atomic mass is 9.96. The average molecular weight is 497 g/mol. The quantitative estimate of drug-likeness (QED) is 0.434. The molecular weight excluding hydrogens is 472 g/mol. The molecule has 3 atom stereocenters. The van der Waals surface area contributed by atoms with E-state index in [1.807, 2.05) is 13.0 Å². The molecule has 166 valence electrons. The summed E-state index contributed by atoms with van der Waals surface area (Å²) in [7, 11) is 1.75. The fourth-order valence-corrected chi connectivity index (χ4v) is 5.05. The van der Waals surface area contributed by atoms with Gasteiger partial charge in [-0.25, -0.2) is 15.0 Å². The van der Waals surface area contributed by atoms with Crippen LogP contribution in [0.1, 0.15) is 11.1 Å². The number of hydrogen-bond donors (Lipinski definition) is 2. The van der Waals surface area contributed by atoms with Crippen LogP contribution in [-0.4, -0.2) is 45.4 Å². The lowest BCUT2D eigenvalue weighted by molar-refractivity contribution is 0.00830. The predicted octanol–water partition coefficient (Wildman–Crippen LogP) is 3.49. The number of ether oxygens (including phenoxy) is 2. The van der Waals surface area contributed by atoms with Gasteiger partial charge in [0.15, 0.2) is 0 Å². The van der Waals surface area contributed by atoms with Crippen LogP contribution in [0.2, 0.25) is 0 Å². The van der Waals surface area contributed by atoms with Crippen LogP contribution >= 0.6 is 15.9 Å². The molecule has 0 spiro atoms. The first-order valence-corrected chi connectivity index (χ1v) is 11.3. The second kappa shape index (κ2) is 8.31. The maximum atomic E-state index is 6.19. The van der Waals surface area contributed by atoms with Crippen LogP contribution in [0.15, 0.2) is 41.3 Å². The van der Waals surface area contributed by atoms with Gasteiger partial charge in [-0.3, -0.25) is 0 Å². The number of methoxy groups -OCH3 is 1. The van der Waals surface area contributed by atoms with Crippen molar-refractivity contribution in [3.8, 4) is 0 Å². The minimum atomic E-state index is -0.0436. The maximum Gasteiger partial charge on any atom is 0.145 e. The number of anilines is 2. The molecule has 1 saturated heterocycles. The normalized spacial score (nSPS) is 21.0. The van der Waals surface area contributed by atoms with Gasteiger partial charge in [-0.1, -0.05) is 12.1 Å². The van der Waals surface area contributed by atoms with Gasteiger partial charge >= 0.3 is 0 Å². The molecule has 1 aliphatic rings. The van der Waals surface area contributed by atoms with Crippen LogP contribution in [0.5, 0.6) is 0 Å². The minimum Gasteiger partial charge on any atom is -0.383 e. The van der Waals surface area contributed by atoms with Gasteiger partial charge in [-0.05, 0) is 46.1 Å². The van der Waals surface area contributed by atoms with Gasteiger partial charge in [0.05, 0.1) is 34.2 Å². The summed E-state index contributed by atoms with van der Waals surface area (Å²) >= 11 is 3.44. The molecule has 0 saturated carbocycles. The highest BCUT2D eigenvalue weighted by Crippen LogP contribution is 2.31. The van der Waals surface area contributed by atoms with Gasteiger partial charge in [0.1, 0.15) is 23.6 Å². The van der Waals surface area contributed by atoms with E-state index in [9.17, 15) is 0 Å². The third-order valence-corrected chi connectivity index (χ3v) is 6.87. The molecule has 3 unspecified atom stereocenters. The van der Waals surface area contributed by atoms with Crippen molar-refractivity contribution in [1.82, 2.24) is 19.5 Å². The van der Waals surface area contributed by atoms with Gasteiger partial charge in [0.2, 0.25) is 0 Å². The van der Waals surface area contributed by atoms with Crippen LogP contribution in [0.4, 0.5) is 11.6 Å². The second-order valence-corrected chi connectivity index (χ2v) is 9.20. The molecule has 0 amide bonds. The molecule has 8 nitrogen and oxygen atoms in total. The molecule has 4 aromatic rings. The molecular formula is C23H25BrN6O2. The van der Waals surface area contributed by atoms with Crippen molar-refractivity contribution in [3.63, 3.8) is 0 Å². The zero-order valence-electron chi connectivity index (χ0n) is 18.0. The van der Waals surface area contributed by atoms with E-state index in [1.165, 1.54) is 6.33 Å². The Morgan fingerprint density at radius 2 is 2.06 bits per heavy atom. The van der Waals surface area contributed by atoms with Gasteiger partial charge in [0.25, 0.3) is 0 Å². The Morgan fingerprint density at radius 1 is 1.22 bits per heavy atom. The van der Waals surface area contributed by atoms with Crippen molar-refractivity contribution >= 4 is 49.5 Å². The van der Waals surface area contributed by atoms with Crippen LogP contribution in [0.25, 0.3) is 21.9 Å². The Bertz CT molecular complexity index is 1310. The van der Waals surface area contributed by atoms with Crippen LogP contribution in [-0.2, 0) is 22.4 Å². The van der Waals surface area contributed by atoms with E-state index in [-0.39, 0.29) is 18.1 Å². The predicted molar refractivity (Wildman–Crippen MR) is 128 cm³/mol. The van der Waals surface area contributed by atoms with E-state index in [0.29, 0.717) is 18.2 Å². The summed E-state index contributed by atoms with van der Waals surface area (Å²) in [5, 5.41) is 1.95. The smallest absolute Gasteiger partial charge is 0.145 e. The van der Waals surface area contributed by atoms with Crippen LogP contribution in [0, 0.1) is 12.8 Å². The van der Waals surface area contributed by atoms with Crippen molar-refractivity contribution in [2.45, 2.75) is 32.1 Å². The van der Waals surface area contributed by atoms with E-state index < -0.39 is 0 Å². The molecule has 1 aromatic carbocycles. The number of aromatic nitrogens is 4. The number of rotatable bonds is 5. The number of nitrogens with zero attached hydrogens (tertiary/aromatic N) is 4. The van der Waals surface area contributed by atoms with Crippen molar-refractivity contribution in [2.24, 2.45) is 5.92 Å². The van der Waals surface area contributed by atoms with Gasteiger partial charge < -0.3 is 25.5 Å². The molecule has 0 radical (unpaired) electrons. The van der Waals surface area contributed by atoms with Crippen molar-refractivity contribution < 1.29 is 9.47 Å². The highest BCUT2D eigenvalue weighted by molar-refractivity contribution is 9.10. The Hall–Kier alpha value is -2.75. The topological polar surface area (TPSA) is 114 Å². The molecule has 0 bridgehead atoms. The zero-order chi connectivity index (χ0) is 22.4. The second-order valence-electron chi connectivity index (χ2n) is 8.34. The van der Waals surface area contributed by atoms with Crippen molar-refractivity contribution in [3.05, 3.63) is 52.4 Å². The zero-order valence-corrected chi connectivity index (χ0v) is 19.5. The van der Waals surface area contributed by atoms with Gasteiger partial charge in [-0.2, -0.15) is 0 Å². The summed E-state index contributed by atoms with van der Waals surface area (Å²) in [6.07, 6.45) is 4.24. The number of nitrogen functional groups attached to an aromatic ring is 2. The molecule has 1 aliphatic heterocycles. The van der Waals surface area contributed by atoms with E-state index in [1.54, 1.807) is 7.11 Å². The summed E-state index contributed by atoms with van der Waals surface area (Å²) in [5.41, 5.74) is 16.0. The summed E-state index contributed by atoms with van der Waals surface area (Å²) < 4.78 is 15.0. The molecule has 9 heteroatoms. The number of hydrogen-bond acceptors (Lipinski definition) is 7. The van der Waals surface area contributed by atoms with E-state index >= 15 is 0 Å². The van der Waals surface area contributed by atoms with Crippen LogP contribution in [0.3, 0.4) is 0 Å². The van der Waals surface area contributed by atoms with Crippen molar-refractivity contribution in [1.29, 1.82) is 0 Å². The summed E-state index contributed by atoms with van der Waals surface area (Å²) in [6, 6.07) is 8.23. The van der Waals surface area contributed by atoms with Gasteiger partial charge in [0, 0.05) is 37.6 Å². The minimum absolute atomic E-state index is 0.0365. The fraction of sp³-hybridized carbons (Fsp3) is 0.348. The summed E-state index contributed by atoms with van der Waals surface area (Å²) in [4.78, 5) is 13.1. The lowest BCUT2D eigenvalue weighted by Crippen LogP contribution is -2.32. The monoisotopic (exact) mass is 496 g/mol. The molecule has 0 aliphatic carbocycles. The number of pyridine rings is 1. The summed E-state index contributed by atoms with van der Waals surface area (Å²) in [6.45, 7) is 3.38. The largest absolute Gasteiger partial charge is 0.383 e. The molecule has 1 fully saturated rings. The number of aryl methyl sites for hydroxylation is 1. The first kappa shape index (κ1) is 21.1. The molecule has 4 N–H and O–H groups in total. The van der Waals surface area contributed by atoms with Gasteiger partial charge in [-0.15, -0.1) is 0 Å². The Kier molecular flexibility index (Phi) is 5.48. The molecule has 5 rings (SSSR count). The highest BCUT2D eigenvalue weighted by atomic mass is 79.9. The Morgan fingerprint density at radius 3 is 2.88 bits per heavy atom. The number of fused-ring (bicyclic) bond motifs is 2. The number of nitrogens with two attached hydrogens (primary N) is 2. The molecule has 4 heterocycles. The molecule has 32 heavy (non-hydrogen) atoms. The highest BCUT2D eigenvalue weighted by Gasteiger charge is 2.38.